The summed E-state index contributed by atoms with van der Waals surface area (Å²) < 4.78 is 5.93. The third-order valence-corrected chi connectivity index (χ3v) is 3.43. The van der Waals surface area contributed by atoms with E-state index in [2.05, 4.69) is 0 Å². The van der Waals surface area contributed by atoms with Crippen molar-refractivity contribution in [2.24, 2.45) is 0 Å². The molecule has 0 aliphatic rings. The van der Waals surface area contributed by atoms with Gasteiger partial charge in [0.15, 0.2) is 5.78 Å². The van der Waals surface area contributed by atoms with Gasteiger partial charge in [0.25, 0.3) is 0 Å². The van der Waals surface area contributed by atoms with Crippen LogP contribution in [0.4, 0.5) is 11.4 Å². The molecule has 0 radical (unpaired) electrons. The average molecular weight is 313 g/mol. The third-order valence-electron chi connectivity index (χ3n) is 3.43. The Labute approximate surface area is 136 Å². The average Bonchev–Trinajstić information content (AvgIpc) is 2.49. The molecule has 0 saturated heterocycles. The number of rotatable bonds is 6. The molecular formula is C18H23N3O2. The van der Waals surface area contributed by atoms with E-state index in [0.29, 0.717) is 28.3 Å². The van der Waals surface area contributed by atoms with E-state index in [4.69, 9.17) is 16.2 Å². The zero-order valence-electron chi connectivity index (χ0n) is 13.7. The Kier molecular flexibility index (Phi) is 5.24. The van der Waals surface area contributed by atoms with Crippen molar-refractivity contribution in [1.82, 2.24) is 4.90 Å². The maximum Gasteiger partial charge on any atom is 0.196 e. The second-order valence-corrected chi connectivity index (χ2v) is 5.86. The number of nitrogens with two attached hydrogens (primary N) is 2. The molecule has 0 amide bonds. The predicted octanol–water partition coefficient (Wildman–Crippen LogP) is 2.41. The molecular weight excluding hydrogens is 290 g/mol. The van der Waals surface area contributed by atoms with E-state index in [1.807, 2.05) is 38.1 Å². The number of benzene rings is 2. The summed E-state index contributed by atoms with van der Waals surface area (Å²) in [6.45, 7) is 2.74. The highest BCUT2D eigenvalue weighted by atomic mass is 16.5. The Morgan fingerprint density at radius 2 is 1.83 bits per heavy atom. The number of carbonyl (C=O) groups excluding carboxylic acids is 1. The monoisotopic (exact) mass is 313 g/mol. The number of carbonyl (C=O) groups is 1. The first kappa shape index (κ1) is 16.8. The molecule has 5 heteroatoms. The van der Waals surface area contributed by atoms with Gasteiger partial charge in [0.05, 0.1) is 16.9 Å². The standard InChI is InChI=1S/C18H23N3O2/c1-12(11-21(2)3)23-17-7-5-4-6-14(17)18(22)13-8-9-15(19)16(20)10-13/h4-10,12H,11,19-20H2,1-3H3. The smallest absolute Gasteiger partial charge is 0.196 e. The van der Waals surface area contributed by atoms with Gasteiger partial charge in [-0.15, -0.1) is 0 Å². The molecule has 0 aromatic heterocycles. The van der Waals surface area contributed by atoms with Gasteiger partial charge in [-0.05, 0) is 51.4 Å². The Bertz CT molecular complexity index is 698. The Hall–Kier alpha value is -2.53. The number of ether oxygens (including phenoxy) is 1. The highest BCUT2D eigenvalue weighted by Crippen LogP contribution is 2.25. The van der Waals surface area contributed by atoms with Gasteiger partial charge in [-0.2, -0.15) is 0 Å². The number of hydrogen-bond donors (Lipinski definition) is 2. The maximum atomic E-state index is 12.7. The van der Waals surface area contributed by atoms with Gasteiger partial charge in [-0.3, -0.25) is 4.79 Å². The molecule has 4 N–H and O–H groups in total. The zero-order chi connectivity index (χ0) is 17.0. The van der Waals surface area contributed by atoms with Crippen LogP contribution in [-0.4, -0.2) is 37.4 Å². The fraction of sp³-hybridized carbons (Fsp3) is 0.278. The van der Waals surface area contributed by atoms with Crippen molar-refractivity contribution < 1.29 is 9.53 Å². The molecule has 1 atom stereocenters. The lowest BCUT2D eigenvalue weighted by Gasteiger charge is -2.20. The first-order chi connectivity index (χ1) is 10.9. The van der Waals surface area contributed by atoms with Crippen LogP contribution in [0.25, 0.3) is 0 Å². The zero-order valence-corrected chi connectivity index (χ0v) is 13.7. The van der Waals surface area contributed by atoms with E-state index in [1.54, 1.807) is 30.3 Å². The first-order valence-electron chi connectivity index (χ1n) is 7.48. The molecule has 2 rings (SSSR count). The van der Waals surface area contributed by atoms with Crippen molar-refractivity contribution in [2.45, 2.75) is 13.0 Å². The highest BCUT2D eigenvalue weighted by molar-refractivity contribution is 6.11. The fourth-order valence-electron chi connectivity index (χ4n) is 2.40. The molecule has 0 aliphatic heterocycles. The molecule has 23 heavy (non-hydrogen) atoms. The van der Waals surface area contributed by atoms with E-state index in [0.717, 1.165) is 6.54 Å². The molecule has 0 heterocycles. The third kappa shape index (κ3) is 4.23. The molecule has 122 valence electrons. The number of nitrogens with zero attached hydrogens (tertiary/aromatic N) is 1. The number of anilines is 2. The second kappa shape index (κ2) is 7.15. The van der Waals surface area contributed by atoms with E-state index in [9.17, 15) is 4.79 Å². The van der Waals surface area contributed by atoms with Crippen molar-refractivity contribution in [3.63, 3.8) is 0 Å². The Balaban J connectivity index is 2.28. The number of para-hydroxylation sites is 1. The van der Waals surface area contributed by atoms with Gasteiger partial charge in [0.1, 0.15) is 11.9 Å². The molecule has 0 fully saturated rings. The van der Waals surface area contributed by atoms with E-state index >= 15 is 0 Å². The van der Waals surface area contributed by atoms with Crippen LogP contribution in [-0.2, 0) is 0 Å². The van der Waals surface area contributed by atoms with Crippen LogP contribution in [0.15, 0.2) is 42.5 Å². The van der Waals surface area contributed by atoms with E-state index in [-0.39, 0.29) is 11.9 Å². The minimum atomic E-state index is -0.135. The summed E-state index contributed by atoms with van der Waals surface area (Å²) in [5.41, 5.74) is 13.4. The number of nitrogen functional groups attached to an aromatic ring is 2. The van der Waals surface area contributed by atoms with Gasteiger partial charge in [-0.25, -0.2) is 0 Å². The van der Waals surface area contributed by atoms with E-state index < -0.39 is 0 Å². The second-order valence-electron chi connectivity index (χ2n) is 5.86. The minimum Gasteiger partial charge on any atom is -0.489 e. The summed E-state index contributed by atoms with van der Waals surface area (Å²) in [6.07, 6.45) is -0.0320. The van der Waals surface area contributed by atoms with E-state index in [1.165, 1.54) is 0 Å². The molecule has 2 aromatic rings. The van der Waals surface area contributed by atoms with Gasteiger partial charge >= 0.3 is 0 Å². The van der Waals surface area contributed by atoms with Gasteiger partial charge in [0.2, 0.25) is 0 Å². The quantitative estimate of drug-likeness (QED) is 0.632. The summed E-state index contributed by atoms with van der Waals surface area (Å²) in [4.78, 5) is 14.8. The molecule has 5 nitrogen and oxygen atoms in total. The van der Waals surface area contributed by atoms with Crippen LogP contribution in [0.2, 0.25) is 0 Å². The summed E-state index contributed by atoms with van der Waals surface area (Å²) in [6, 6.07) is 12.1. The molecule has 0 aliphatic carbocycles. The highest BCUT2D eigenvalue weighted by Gasteiger charge is 2.17. The maximum absolute atomic E-state index is 12.7. The number of likely N-dealkylation sites (N-methyl/N-ethyl adjacent to an activating group) is 1. The Morgan fingerprint density at radius 1 is 1.13 bits per heavy atom. The summed E-state index contributed by atoms with van der Waals surface area (Å²) in [5.74, 6) is 0.437. The first-order valence-corrected chi connectivity index (χ1v) is 7.48. The van der Waals surface area contributed by atoms with Crippen LogP contribution in [0.5, 0.6) is 5.75 Å². The fourth-order valence-corrected chi connectivity index (χ4v) is 2.40. The molecule has 1 unspecified atom stereocenters. The van der Waals surface area contributed by atoms with Gasteiger partial charge in [0, 0.05) is 12.1 Å². The van der Waals surface area contributed by atoms with Crippen molar-refractivity contribution in [2.75, 3.05) is 32.1 Å². The SMILES string of the molecule is CC(CN(C)C)Oc1ccccc1C(=O)c1ccc(N)c(N)c1. The summed E-state index contributed by atoms with van der Waals surface area (Å²) in [5, 5.41) is 0. The lowest BCUT2D eigenvalue weighted by atomic mass is 10.0. The van der Waals surface area contributed by atoms with Crippen molar-refractivity contribution in [1.29, 1.82) is 0 Å². The predicted molar refractivity (Wildman–Crippen MR) is 93.8 cm³/mol. The molecule has 2 aromatic carbocycles. The summed E-state index contributed by atoms with van der Waals surface area (Å²) >= 11 is 0. The van der Waals surface area contributed by atoms with Gasteiger partial charge in [-0.1, -0.05) is 12.1 Å². The van der Waals surface area contributed by atoms with Crippen LogP contribution in [0.3, 0.4) is 0 Å². The van der Waals surface area contributed by atoms with Crippen LogP contribution < -0.4 is 16.2 Å². The van der Waals surface area contributed by atoms with Crippen molar-refractivity contribution >= 4 is 17.2 Å². The normalized spacial score (nSPS) is 12.2. The largest absolute Gasteiger partial charge is 0.489 e. The minimum absolute atomic E-state index is 0.0320. The lowest BCUT2D eigenvalue weighted by molar-refractivity contribution is 0.103. The number of ketones is 1. The van der Waals surface area contributed by atoms with Crippen molar-refractivity contribution in [3.8, 4) is 5.75 Å². The van der Waals surface area contributed by atoms with Crippen LogP contribution in [0.1, 0.15) is 22.8 Å². The van der Waals surface area contributed by atoms with Crippen LogP contribution >= 0.6 is 0 Å². The van der Waals surface area contributed by atoms with Crippen LogP contribution in [0, 0.1) is 0 Å². The molecule has 0 bridgehead atoms. The number of hydrogen-bond acceptors (Lipinski definition) is 5. The molecule has 0 spiro atoms. The van der Waals surface area contributed by atoms with Crippen molar-refractivity contribution in [3.05, 3.63) is 53.6 Å². The topological polar surface area (TPSA) is 81.6 Å². The molecule has 0 saturated carbocycles. The Morgan fingerprint density at radius 3 is 2.48 bits per heavy atom. The lowest BCUT2D eigenvalue weighted by Crippen LogP contribution is -2.28. The summed E-state index contributed by atoms with van der Waals surface area (Å²) in [7, 11) is 3.96. The van der Waals surface area contributed by atoms with Gasteiger partial charge < -0.3 is 21.1 Å².